The van der Waals surface area contributed by atoms with Crippen molar-refractivity contribution in [3.63, 3.8) is 0 Å². The van der Waals surface area contributed by atoms with Gasteiger partial charge in [-0.05, 0) is 19.4 Å². The third-order valence-corrected chi connectivity index (χ3v) is 2.15. The van der Waals surface area contributed by atoms with E-state index >= 15 is 0 Å². The van der Waals surface area contributed by atoms with E-state index in [9.17, 15) is 0 Å². The van der Waals surface area contributed by atoms with Gasteiger partial charge in [-0.25, -0.2) is 4.98 Å². The molecule has 1 heterocycles. The van der Waals surface area contributed by atoms with E-state index in [0.717, 1.165) is 18.2 Å². The number of nitrogens with one attached hydrogen (secondary N) is 1. The number of methoxy groups -OCH3 is 1. The van der Waals surface area contributed by atoms with Crippen LogP contribution in [0.25, 0.3) is 0 Å². The quantitative estimate of drug-likeness (QED) is 0.784. The largest absolute Gasteiger partial charge is 0.442 e. The minimum absolute atomic E-state index is 0.0312. The van der Waals surface area contributed by atoms with E-state index in [4.69, 9.17) is 9.15 Å². The second-order valence-electron chi connectivity index (χ2n) is 4.06. The Bertz CT molecular complexity index is 284. The van der Waals surface area contributed by atoms with Crippen molar-refractivity contribution in [2.75, 3.05) is 13.7 Å². The fourth-order valence-corrected chi connectivity index (χ4v) is 1.18. The molecular weight excluding hydrogens is 192 g/mol. The smallest absolute Gasteiger partial charge is 0.208 e. The van der Waals surface area contributed by atoms with Crippen molar-refractivity contribution in [1.29, 1.82) is 0 Å². The zero-order valence-corrected chi connectivity index (χ0v) is 9.91. The molecule has 15 heavy (non-hydrogen) atoms. The lowest BCUT2D eigenvalue weighted by Crippen LogP contribution is -2.19. The lowest BCUT2D eigenvalue weighted by molar-refractivity contribution is 0.0981. The summed E-state index contributed by atoms with van der Waals surface area (Å²) in [6.07, 6.45) is 1.69. The first kappa shape index (κ1) is 12.2. The molecule has 1 atom stereocenters. The van der Waals surface area contributed by atoms with Crippen LogP contribution >= 0.6 is 0 Å². The van der Waals surface area contributed by atoms with E-state index in [1.807, 2.05) is 6.92 Å². The average Bonchev–Trinajstić information content (AvgIpc) is 2.65. The number of nitrogens with zero attached hydrogens (tertiary/aromatic N) is 1. The Morgan fingerprint density at radius 3 is 2.80 bits per heavy atom. The molecule has 0 aliphatic rings. The minimum Gasteiger partial charge on any atom is -0.442 e. The fraction of sp³-hybridized carbons (Fsp3) is 0.727. The molecule has 0 aliphatic carbocycles. The lowest BCUT2D eigenvalue weighted by atomic mass is 10.2. The van der Waals surface area contributed by atoms with Crippen LogP contribution in [0.2, 0.25) is 0 Å². The van der Waals surface area contributed by atoms with E-state index in [1.54, 1.807) is 13.3 Å². The van der Waals surface area contributed by atoms with Gasteiger partial charge in [0.2, 0.25) is 5.89 Å². The van der Waals surface area contributed by atoms with Crippen LogP contribution in [0.4, 0.5) is 0 Å². The summed E-state index contributed by atoms with van der Waals surface area (Å²) in [5.74, 6) is 2.13. The molecule has 1 rings (SSSR count). The molecule has 0 aromatic carbocycles. The van der Waals surface area contributed by atoms with Gasteiger partial charge in [0.05, 0.1) is 12.7 Å². The number of rotatable bonds is 6. The van der Waals surface area contributed by atoms with E-state index in [0.29, 0.717) is 12.5 Å². The summed E-state index contributed by atoms with van der Waals surface area (Å²) < 4.78 is 10.7. The van der Waals surface area contributed by atoms with Crippen molar-refractivity contribution >= 4 is 0 Å². The van der Waals surface area contributed by atoms with Gasteiger partial charge < -0.3 is 14.5 Å². The van der Waals surface area contributed by atoms with Gasteiger partial charge in [0.15, 0.2) is 5.76 Å². The Morgan fingerprint density at radius 1 is 1.47 bits per heavy atom. The van der Waals surface area contributed by atoms with E-state index < -0.39 is 0 Å². The van der Waals surface area contributed by atoms with Gasteiger partial charge in [-0.1, -0.05) is 13.8 Å². The molecule has 1 aromatic rings. The number of oxazole rings is 1. The second-order valence-corrected chi connectivity index (χ2v) is 4.06. The molecule has 1 unspecified atom stereocenters. The molecule has 0 saturated carbocycles. The van der Waals surface area contributed by atoms with Gasteiger partial charge in [0.1, 0.15) is 6.10 Å². The van der Waals surface area contributed by atoms with Gasteiger partial charge in [-0.2, -0.15) is 0 Å². The van der Waals surface area contributed by atoms with Gasteiger partial charge in [-0.3, -0.25) is 0 Å². The van der Waals surface area contributed by atoms with Crippen molar-refractivity contribution in [2.24, 2.45) is 5.92 Å². The van der Waals surface area contributed by atoms with Crippen LogP contribution in [0.5, 0.6) is 0 Å². The highest BCUT2D eigenvalue weighted by molar-refractivity contribution is 4.97. The molecule has 86 valence electrons. The highest BCUT2D eigenvalue weighted by Gasteiger charge is 2.10. The highest BCUT2D eigenvalue weighted by Crippen LogP contribution is 2.16. The first-order valence-corrected chi connectivity index (χ1v) is 5.31. The van der Waals surface area contributed by atoms with E-state index in [2.05, 4.69) is 24.1 Å². The first-order chi connectivity index (χ1) is 7.13. The molecule has 1 N–H and O–H groups in total. The zero-order valence-electron chi connectivity index (χ0n) is 9.91. The first-order valence-electron chi connectivity index (χ1n) is 5.31. The van der Waals surface area contributed by atoms with Crippen LogP contribution in [0.15, 0.2) is 10.6 Å². The fourth-order valence-electron chi connectivity index (χ4n) is 1.18. The van der Waals surface area contributed by atoms with E-state index in [-0.39, 0.29) is 6.10 Å². The van der Waals surface area contributed by atoms with Crippen LogP contribution in [0, 0.1) is 5.92 Å². The number of hydrogen-bond donors (Lipinski definition) is 1. The van der Waals surface area contributed by atoms with Crippen LogP contribution in [0.3, 0.4) is 0 Å². The summed E-state index contributed by atoms with van der Waals surface area (Å²) in [4.78, 5) is 4.17. The number of ether oxygens (including phenoxy) is 1. The summed E-state index contributed by atoms with van der Waals surface area (Å²) in [7, 11) is 1.66. The summed E-state index contributed by atoms with van der Waals surface area (Å²) in [5.41, 5.74) is 0. The molecule has 0 radical (unpaired) electrons. The van der Waals surface area contributed by atoms with Crippen molar-refractivity contribution < 1.29 is 9.15 Å². The highest BCUT2D eigenvalue weighted by atomic mass is 16.5. The Kier molecular flexibility index (Phi) is 4.78. The Balaban J connectivity index is 2.39. The van der Waals surface area contributed by atoms with Gasteiger partial charge >= 0.3 is 0 Å². The Labute approximate surface area is 91.0 Å². The minimum atomic E-state index is -0.0312. The molecule has 0 saturated heterocycles. The standard InChI is InChI=1S/C11H20N2O2/c1-8(2)5-12-7-11-13-6-10(15-11)9(3)14-4/h6,8-9,12H,5,7H2,1-4H3. The van der Waals surface area contributed by atoms with Gasteiger partial charge in [0, 0.05) is 7.11 Å². The molecule has 4 heteroatoms. The van der Waals surface area contributed by atoms with Gasteiger partial charge in [0.25, 0.3) is 0 Å². The maximum atomic E-state index is 5.52. The maximum Gasteiger partial charge on any atom is 0.208 e. The lowest BCUT2D eigenvalue weighted by Gasteiger charge is -2.05. The molecular formula is C11H20N2O2. The molecule has 4 nitrogen and oxygen atoms in total. The monoisotopic (exact) mass is 212 g/mol. The van der Waals surface area contributed by atoms with Gasteiger partial charge in [-0.15, -0.1) is 0 Å². The molecule has 0 amide bonds. The van der Waals surface area contributed by atoms with Crippen molar-refractivity contribution in [3.05, 3.63) is 17.8 Å². The Morgan fingerprint density at radius 2 is 2.20 bits per heavy atom. The SMILES string of the molecule is COC(C)c1cnc(CNCC(C)C)o1. The summed E-state index contributed by atoms with van der Waals surface area (Å²) in [6, 6.07) is 0. The second kappa shape index (κ2) is 5.88. The van der Waals surface area contributed by atoms with Crippen molar-refractivity contribution in [1.82, 2.24) is 10.3 Å². The normalized spacial score (nSPS) is 13.4. The summed E-state index contributed by atoms with van der Waals surface area (Å²) >= 11 is 0. The van der Waals surface area contributed by atoms with Crippen LogP contribution in [0.1, 0.15) is 38.5 Å². The van der Waals surface area contributed by atoms with Crippen molar-refractivity contribution in [2.45, 2.75) is 33.4 Å². The number of hydrogen-bond acceptors (Lipinski definition) is 4. The third kappa shape index (κ3) is 4.01. The molecule has 1 aromatic heterocycles. The van der Waals surface area contributed by atoms with E-state index in [1.165, 1.54) is 0 Å². The molecule has 0 fully saturated rings. The number of aromatic nitrogens is 1. The molecule has 0 aliphatic heterocycles. The predicted molar refractivity (Wildman–Crippen MR) is 58.5 cm³/mol. The summed E-state index contributed by atoms with van der Waals surface area (Å²) in [6.45, 7) is 7.92. The zero-order chi connectivity index (χ0) is 11.3. The maximum absolute atomic E-state index is 5.52. The Hall–Kier alpha value is -0.870. The molecule has 0 spiro atoms. The van der Waals surface area contributed by atoms with Crippen LogP contribution < -0.4 is 5.32 Å². The van der Waals surface area contributed by atoms with Crippen LogP contribution in [-0.2, 0) is 11.3 Å². The summed E-state index contributed by atoms with van der Waals surface area (Å²) in [5, 5.41) is 3.27. The van der Waals surface area contributed by atoms with Crippen molar-refractivity contribution in [3.8, 4) is 0 Å². The molecule has 0 bridgehead atoms. The third-order valence-electron chi connectivity index (χ3n) is 2.15. The predicted octanol–water partition coefficient (Wildman–Crippen LogP) is 2.13. The topological polar surface area (TPSA) is 47.3 Å². The van der Waals surface area contributed by atoms with Crippen LogP contribution in [-0.4, -0.2) is 18.6 Å². The average molecular weight is 212 g/mol.